The quantitative estimate of drug-likeness (QED) is 0.305. The van der Waals surface area contributed by atoms with Crippen LogP contribution in [0.1, 0.15) is 16.6 Å². The van der Waals surface area contributed by atoms with Gasteiger partial charge in [-0.25, -0.2) is 4.79 Å². The van der Waals surface area contributed by atoms with Crippen LogP contribution < -0.4 is 14.2 Å². The number of ether oxygens (including phenoxy) is 4. The highest BCUT2D eigenvalue weighted by Crippen LogP contribution is 2.46. The Hall–Kier alpha value is -3.51. The topological polar surface area (TPSA) is 54.0 Å². The van der Waals surface area contributed by atoms with Crippen molar-refractivity contribution < 1.29 is 23.7 Å². The van der Waals surface area contributed by atoms with E-state index in [1.807, 2.05) is 30.3 Å². The molecule has 0 amide bonds. The first-order chi connectivity index (χ1) is 15.6. The molecule has 0 aliphatic carbocycles. The van der Waals surface area contributed by atoms with Gasteiger partial charge in [0.2, 0.25) is 5.75 Å². The van der Waals surface area contributed by atoms with E-state index in [0.29, 0.717) is 28.7 Å². The molecule has 0 radical (unpaired) electrons. The van der Waals surface area contributed by atoms with E-state index in [9.17, 15) is 4.79 Å². The molecule has 32 heavy (non-hydrogen) atoms. The maximum Gasteiger partial charge on any atom is 0.348 e. The van der Waals surface area contributed by atoms with Crippen LogP contribution in [0.15, 0.2) is 60.7 Å². The van der Waals surface area contributed by atoms with Crippen molar-refractivity contribution in [1.29, 1.82) is 0 Å². The molecule has 0 fully saturated rings. The van der Waals surface area contributed by atoms with E-state index in [4.69, 9.17) is 18.9 Å². The molecule has 164 valence electrons. The van der Waals surface area contributed by atoms with Crippen molar-refractivity contribution in [3.63, 3.8) is 0 Å². The van der Waals surface area contributed by atoms with Gasteiger partial charge in [-0.15, -0.1) is 11.3 Å². The molecule has 6 heteroatoms. The predicted molar refractivity (Wildman–Crippen MR) is 128 cm³/mol. The van der Waals surface area contributed by atoms with Gasteiger partial charge in [0.25, 0.3) is 0 Å². The Morgan fingerprint density at radius 3 is 2.12 bits per heavy atom. The number of esters is 1. The van der Waals surface area contributed by atoms with Crippen molar-refractivity contribution in [2.75, 3.05) is 27.9 Å². The van der Waals surface area contributed by atoms with Crippen LogP contribution >= 0.6 is 11.3 Å². The van der Waals surface area contributed by atoms with Crippen molar-refractivity contribution in [3.8, 4) is 38.8 Å². The van der Waals surface area contributed by atoms with E-state index < -0.39 is 0 Å². The highest BCUT2D eigenvalue weighted by molar-refractivity contribution is 7.18. The molecule has 0 saturated heterocycles. The number of carbonyl (C=O) groups is 1. The molecule has 4 rings (SSSR count). The molecular formula is C26H24O5S. The molecule has 0 N–H and O–H groups in total. The molecule has 0 bridgehead atoms. The number of rotatable bonds is 7. The molecule has 3 aromatic carbocycles. The zero-order valence-corrected chi connectivity index (χ0v) is 19.2. The lowest BCUT2D eigenvalue weighted by molar-refractivity contribution is 0.0532. The third kappa shape index (κ3) is 4.01. The first kappa shape index (κ1) is 21.7. The third-order valence-electron chi connectivity index (χ3n) is 5.20. The normalized spacial score (nSPS) is 10.8. The SMILES string of the molecule is CCOC(=O)c1cc(-c2cc(OC)c(OC)c(OC)c2)c(-c2ccc3ccccc3c2)s1. The summed E-state index contributed by atoms with van der Waals surface area (Å²) in [6.45, 7) is 2.12. The molecule has 1 heterocycles. The molecule has 0 unspecified atom stereocenters. The van der Waals surface area contributed by atoms with E-state index in [2.05, 4.69) is 30.3 Å². The van der Waals surface area contributed by atoms with Crippen molar-refractivity contribution >= 4 is 28.1 Å². The molecule has 0 aliphatic heterocycles. The van der Waals surface area contributed by atoms with Crippen LogP contribution in [-0.4, -0.2) is 33.9 Å². The van der Waals surface area contributed by atoms with E-state index in [1.165, 1.54) is 11.3 Å². The highest BCUT2D eigenvalue weighted by Gasteiger charge is 2.21. The standard InChI is InChI=1S/C26H24O5S/c1-5-31-26(27)23-15-20(19-13-21(28-2)24(30-4)22(14-19)29-3)25(32-23)18-11-10-16-8-6-7-9-17(16)12-18/h6-15H,5H2,1-4H3. The fourth-order valence-electron chi connectivity index (χ4n) is 3.69. The molecule has 0 spiro atoms. The number of carbonyl (C=O) groups excluding carboxylic acids is 1. The van der Waals surface area contributed by atoms with Crippen LogP contribution in [0, 0.1) is 0 Å². The Bertz CT molecular complexity index is 1250. The number of hydrogen-bond acceptors (Lipinski definition) is 6. The Labute approximate surface area is 191 Å². The van der Waals surface area contributed by atoms with Gasteiger partial charge in [0.05, 0.1) is 27.9 Å². The lowest BCUT2D eigenvalue weighted by Crippen LogP contribution is -2.01. The second-order valence-electron chi connectivity index (χ2n) is 7.05. The summed E-state index contributed by atoms with van der Waals surface area (Å²) >= 11 is 1.41. The van der Waals surface area contributed by atoms with Crippen molar-refractivity contribution in [2.45, 2.75) is 6.92 Å². The summed E-state index contributed by atoms with van der Waals surface area (Å²) in [4.78, 5) is 14.1. The van der Waals surface area contributed by atoms with Crippen LogP contribution in [0.5, 0.6) is 17.2 Å². The first-order valence-corrected chi connectivity index (χ1v) is 11.0. The second-order valence-corrected chi connectivity index (χ2v) is 8.10. The molecular weight excluding hydrogens is 424 g/mol. The Balaban J connectivity index is 1.94. The maximum atomic E-state index is 12.6. The second kappa shape index (κ2) is 9.32. The van der Waals surface area contributed by atoms with Crippen LogP contribution in [0.3, 0.4) is 0 Å². The fraction of sp³-hybridized carbons (Fsp3) is 0.192. The minimum atomic E-state index is -0.335. The first-order valence-electron chi connectivity index (χ1n) is 10.2. The van der Waals surface area contributed by atoms with Gasteiger partial charge in [-0.2, -0.15) is 0 Å². The monoisotopic (exact) mass is 448 g/mol. The van der Waals surface area contributed by atoms with Gasteiger partial charge in [-0.3, -0.25) is 0 Å². The minimum absolute atomic E-state index is 0.321. The van der Waals surface area contributed by atoms with Crippen LogP contribution in [0.25, 0.3) is 32.3 Å². The Morgan fingerprint density at radius 1 is 0.812 bits per heavy atom. The third-order valence-corrected chi connectivity index (χ3v) is 6.36. The summed E-state index contributed by atoms with van der Waals surface area (Å²) < 4.78 is 21.8. The van der Waals surface area contributed by atoms with Crippen molar-refractivity contribution in [3.05, 3.63) is 65.5 Å². The fourth-order valence-corrected chi connectivity index (χ4v) is 4.76. The number of benzene rings is 3. The Morgan fingerprint density at radius 2 is 1.50 bits per heavy atom. The van der Waals surface area contributed by atoms with E-state index in [-0.39, 0.29) is 5.97 Å². The summed E-state index contributed by atoms with van der Waals surface area (Å²) in [5.74, 6) is 1.29. The summed E-state index contributed by atoms with van der Waals surface area (Å²) in [5.41, 5.74) is 2.77. The Kier molecular flexibility index (Phi) is 6.32. The number of thiophene rings is 1. The highest BCUT2D eigenvalue weighted by atomic mass is 32.1. The molecule has 4 aromatic rings. The van der Waals surface area contributed by atoms with E-state index >= 15 is 0 Å². The van der Waals surface area contributed by atoms with Gasteiger partial charge < -0.3 is 18.9 Å². The summed E-state index contributed by atoms with van der Waals surface area (Å²) in [5, 5.41) is 2.29. The summed E-state index contributed by atoms with van der Waals surface area (Å²) in [7, 11) is 4.75. The number of hydrogen-bond donors (Lipinski definition) is 0. The van der Waals surface area contributed by atoms with Crippen LogP contribution in [0.2, 0.25) is 0 Å². The average Bonchev–Trinajstić information content (AvgIpc) is 3.28. The van der Waals surface area contributed by atoms with Gasteiger partial charge in [0.1, 0.15) is 4.88 Å². The zero-order chi connectivity index (χ0) is 22.7. The lowest BCUT2D eigenvalue weighted by atomic mass is 9.99. The molecule has 0 saturated carbocycles. The molecule has 5 nitrogen and oxygen atoms in total. The number of fused-ring (bicyclic) bond motifs is 1. The van der Waals surface area contributed by atoms with Gasteiger partial charge in [0.15, 0.2) is 11.5 Å². The molecule has 1 aromatic heterocycles. The average molecular weight is 449 g/mol. The smallest absolute Gasteiger partial charge is 0.348 e. The van der Waals surface area contributed by atoms with Gasteiger partial charge >= 0.3 is 5.97 Å². The zero-order valence-electron chi connectivity index (χ0n) is 18.4. The number of methoxy groups -OCH3 is 3. The van der Waals surface area contributed by atoms with Gasteiger partial charge in [-0.05, 0) is 53.1 Å². The predicted octanol–water partition coefficient (Wildman–Crippen LogP) is 6.44. The van der Waals surface area contributed by atoms with Crippen LogP contribution in [-0.2, 0) is 4.74 Å². The molecule has 0 atom stereocenters. The van der Waals surface area contributed by atoms with E-state index in [1.54, 1.807) is 28.3 Å². The summed E-state index contributed by atoms with van der Waals surface area (Å²) in [6.07, 6.45) is 0. The molecule has 0 aliphatic rings. The van der Waals surface area contributed by atoms with E-state index in [0.717, 1.165) is 32.3 Å². The summed E-state index contributed by atoms with van der Waals surface area (Å²) in [6, 6.07) is 20.2. The lowest BCUT2D eigenvalue weighted by Gasteiger charge is -2.14. The van der Waals surface area contributed by atoms with Gasteiger partial charge in [-0.1, -0.05) is 36.4 Å². The van der Waals surface area contributed by atoms with Crippen molar-refractivity contribution in [2.24, 2.45) is 0 Å². The maximum absolute atomic E-state index is 12.6. The van der Waals surface area contributed by atoms with Crippen molar-refractivity contribution in [1.82, 2.24) is 0 Å². The van der Waals surface area contributed by atoms with Gasteiger partial charge in [0, 0.05) is 10.4 Å². The van der Waals surface area contributed by atoms with Crippen LogP contribution in [0.4, 0.5) is 0 Å². The largest absolute Gasteiger partial charge is 0.493 e. The minimum Gasteiger partial charge on any atom is -0.493 e.